The number of pyridine rings is 1. The molecule has 0 radical (unpaired) electrons. The summed E-state index contributed by atoms with van der Waals surface area (Å²) in [6.45, 7) is 10.7. The van der Waals surface area contributed by atoms with Crippen molar-refractivity contribution in [1.29, 1.82) is 0 Å². The van der Waals surface area contributed by atoms with E-state index in [4.69, 9.17) is 0 Å². The molecule has 4 heteroatoms. The van der Waals surface area contributed by atoms with E-state index in [9.17, 15) is 4.39 Å². The fourth-order valence-corrected chi connectivity index (χ4v) is 2.66. The van der Waals surface area contributed by atoms with Gasteiger partial charge in [-0.25, -0.2) is 4.39 Å². The molecule has 1 N–H and O–H groups in total. The van der Waals surface area contributed by atoms with E-state index in [0.29, 0.717) is 6.54 Å². The van der Waals surface area contributed by atoms with Crippen molar-refractivity contribution in [2.45, 2.75) is 33.7 Å². The monoisotopic (exact) mass is 303 g/mol. The Morgan fingerprint density at radius 1 is 1.18 bits per heavy atom. The van der Waals surface area contributed by atoms with Crippen LogP contribution in [-0.2, 0) is 13.0 Å². The molecule has 0 atom stereocenters. The van der Waals surface area contributed by atoms with Gasteiger partial charge in [0.15, 0.2) is 0 Å². The first-order valence-corrected chi connectivity index (χ1v) is 8.27. The molecule has 1 aromatic heterocycles. The number of nitrogens with zero attached hydrogens (tertiary/aromatic N) is 2. The molecule has 1 aromatic carbocycles. The van der Waals surface area contributed by atoms with Gasteiger partial charge in [-0.15, -0.1) is 0 Å². The van der Waals surface area contributed by atoms with E-state index in [2.05, 4.69) is 22.1 Å². The molecule has 22 heavy (non-hydrogen) atoms. The predicted octanol–water partition coefficient (Wildman–Crippen LogP) is 3.37. The van der Waals surface area contributed by atoms with Gasteiger partial charge >= 0.3 is 0 Å². The molecule has 0 aliphatic carbocycles. The van der Waals surface area contributed by atoms with Crippen LogP contribution in [0.3, 0.4) is 0 Å². The van der Waals surface area contributed by atoms with Gasteiger partial charge in [-0.1, -0.05) is 26.8 Å². The summed E-state index contributed by atoms with van der Waals surface area (Å²) in [7, 11) is 0. The third-order valence-electron chi connectivity index (χ3n) is 3.88. The Hall–Kier alpha value is -1.52. The minimum absolute atomic E-state index is 0.142. The van der Waals surface area contributed by atoms with Gasteiger partial charge in [0.1, 0.15) is 5.82 Å². The Morgan fingerprint density at radius 2 is 1.91 bits per heavy atom. The number of aryl methyl sites for hydroxylation is 1. The second-order valence-electron chi connectivity index (χ2n) is 5.32. The van der Waals surface area contributed by atoms with Crippen LogP contribution >= 0.6 is 0 Å². The highest BCUT2D eigenvalue weighted by molar-refractivity contribution is 5.79. The smallest absolute Gasteiger partial charge is 0.129 e. The molecule has 120 valence electrons. The summed E-state index contributed by atoms with van der Waals surface area (Å²) in [6, 6.07) is 7.59. The number of aromatic nitrogens is 1. The van der Waals surface area contributed by atoms with Crippen molar-refractivity contribution < 1.29 is 4.39 Å². The van der Waals surface area contributed by atoms with Crippen LogP contribution in [0.15, 0.2) is 24.3 Å². The van der Waals surface area contributed by atoms with Crippen molar-refractivity contribution in [1.82, 2.24) is 15.2 Å². The highest BCUT2D eigenvalue weighted by atomic mass is 19.1. The zero-order chi connectivity index (χ0) is 15.9. The molecule has 0 spiro atoms. The Bertz CT molecular complexity index is 607. The Balaban J connectivity index is 0.000000847. The first kappa shape index (κ1) is 16.8. The summed E-state index contributed by atoms with van der Waals surface area (Å²) in [5.74, 6) is -0.142. The summed E-state index contributed by atoms with van der Waals surface area (Å²) in [6.07, 6.45) is 0.875. The van der Waals surface area contributed by atoms with Crippen molar-refractivity contribution >= 4 is 10.9 Å². The van der Waals surface area contributed by atoms with E-state index in [1.54, 1.807) is 6.07 Å². The maximum Gasteiger partial charge on any atom is 0.129 e. The Kier molecular flexibility index (Phi) is 6.28. The first-order chi connectivity index (χ1) is 10.8. The van der Waals surface area contributed by atoms with Crippen LogP contribution in [0.1, 0.15) is 32.0 Å². The second-order valence-corrected chi connectivity index (χ2v) is 5.32. The largest absolute Gasteiger partial charge is 0.314 e. The van der Waals surface area contributed by atoms with Crippen molar-refractivity contribution in [2.75, 3.05) is 26.2 Å². The number of halogens is 1. The summed E-state index contributed by atoms with van der Waals surface area (Å²) >= 11 is 0. The maximum absolute atomic E-state index is 14.2. The third-order valence-corrected chi connectivity index (χ3v) is 3.88. The van der Waals surface area contributed by atoms with E-state index < -0.39 is 0 Å². The third kappa shape index (κ3) is 4.02. The number of benzene rings is 1. The van der Waals surface area contributed by atoms with E-state index in [1.165, 1.54) is 0 Å². The summed E-state index contributed by atoms with van der Waals surface area (Å²) in [5, 5.41) is 4.33. The van der Waals surface area contributed by atoms with Gasteiger partial charge in [0, 0.05) is 55.4 Å². The summed E-state index contributed by atoms with van der Waals surface area (Å²) < 4.78 is 14.2. The Labute approximate surface area is 132 Å². The van der Waals surface area contributed by atoms with Gasteiger partial charge < -0.3 is 5.32 Å². The van der Waals surface area contributed by atoms with Crippen LogP contribution in [0.25, 0.3) is 10.9 Å². The number of nitrogens with one attached hydrogen (secondary N) is 1. The molecule has 0 unspecified atom stereocenters. The molecule has 0 bridgehead atoms. The molecule has 1 aliphatic heterocycles. The second kappa shape index (κ2) is 8.20. The molecule has 2 heterocycles. The van der Waals surface area contributed by atoms with E-state index in [0.717, 1.165) is 54.8 Å². The van der Waals surface area contributed by atoms with Gasteiger partial charge in [0.2, 0.25) is 0 Å². The first-order valence-electron chi connectivity index (χ1n) is 8.27. The van der Waals surface area contributed by atoms with Crippen LogP contribution in [0, 0.1) is 5.82 Å². The Morgan fingerprint density at radius 3 is 2.59 bits per heavy atom. The lowest BCUT2D eigenvalue weighted by Gasteiger charge is -2.27. The van der Waals surface area contributed by atoms with Gasteiger partial charge in [0.25, 0.3) is 0 Å². The maximum atomic E-state index is 14.2. The normalized spacial score (nSPS) is 15.5. The van der Waals surface area contributed by atoms with Gasteiger partial charge in [-0.3, -0.25) is 9.88 Å². The molecular formula is C18H26FN3. The molecule has 0 saturated carbocycles. The number of rotatable bonds is 3. The lowest BCUT2D eigenvalue weighted by Crippen LogP contribution is -2.43. The van der Waals surface area contributed by atoms with E-state index in [1.807, 2.05) is 32.0 Å². The molecule has 3 rings (SSSR count). The van der Waals surface area contributed by atoms with Crippen molar-refractivity contribution in [2.24, 2.45) is 0 Å². The van der Waals surface area contributed by atoms with Crippen LogP contribution in [0.4, 0.5) is 4.39 Å². The molecule has 2 aromatic rings. The van der Waals surface area contributed by atoms with Crippen molar-refractivity contribution in [3.8, 4) is 0 Å². The highest BCUT2D eigenvalue weighted by Crippen LogP contribution is 2.20. The highest BCUT2D eigenvalue weighted by Gasteiger charge is 2.13. The summed E-state index contributed by atoms with van der Waals surface area (Å²) in [5.41, 5.74) is 2.53. The quantitative estimate of drug-likeness (QED) is 0.942. The van der Waals surface area contributed by atoms with Gasteiger partial charge in [-0.05, 0) is 18.6 Å². The van der Waals surface area contributed by atoms with Crippen LogP contribution in [0.5, 0.6) is 0 Å². The van der Waals surface area contributed by atoms with Crippen molar-refractivity contribution in [3.63, 3.8) is 0 Å². The predicted molar refractivity (Wildman–Crippen MR) is 90.6 cm³/mol. The molecule has 1 fully saturated rings. The van der Waals surface area contributed by atoms with E-state index in [-0.39, 0.29) is 5.82 Å². The molecular weight excluding hydrogens is 277 g/mol. The lowest BCUT2D eigenvalue weighted by molar-refractivity contribution is 0.230. The minimum Gasteiger partial charge on any atom is -0.314 e. The number of hydrogen-bond acceptors (Lipinski definition) is 3. The fourth-order valence-electron chi connectivity index (χ4n) is 2.66. The summed E-state index contributed by atoms with van der Waals surface area (Å²) in [4.78, 5) is 6.77. The van der Waals surface area contributed by atoms with Crippen LogP contribution in [0.2, 0.25) is 0 Å². The van der Waals surface area contributed by atoms with Crippen LogP contribution < -0.4 is 5.32 Å². The molecule has 1 aliphatic rings. The van der Waals surface area contributed by atoms with Gasteiger partial charge in [0.05, 0.1) is 5.52 Å². The topological polar surface area (TPSA) is 28.2 Å². The van der Waals surface area contributed by atoms with E-state index >= 15 is 0 Å². The molecule has 1 saturated heterocycles. The average molecular weight is 303 g/mol. The zero-order valence-electron chi connectivity index (χ0n) is 13.8. The van der Waals surface area contributed by atoms with Crippen LogP contribution in [-0.4, -0.2) is 36.1 Å². The number of fused-ring (bicyclic) bond motifs is 1. The number of hydrogen-bond donors (Lipinski definition) is 1. The standard InChI is InChI=1S/C16H20FN3.C2H6/c1-2-14-4-3-12-9-13(15(17)10-16(12)19-14)11-20-7-5-18-6-8-20;1-2/h3-4,9-10,18H,2,5-8,11H2,1H3;1-2H3. The minimum atomic E-state index is -0.142. The SMILES string of the molecule is CC.CCc1ccc2cc(CN3CCNCC3)c(F)cc2n1. The fraction of sp³-hybridized carbons (Fsp3) is 0.500. The van der Waals surface area contributed by atoms with Gasteiger partial charge in [-0.2, -0.15) is 0 Å². The number of piperazine rings is 1. The van der Waals surface area contributed by atoms with Crippen molar-refractivity contribution in [3.05, 3.63) is 41.3 Å². The molecule has 3 nitrogen and oxygen atoms in total. The molecule has 0 amide bonds. The lowest BCUT2D eigenvalue weighted by atomic mass is 10.1. The average Bonchev–Trinajstić information content (AvgIpc) is 2.58. The zero-order valence-corrected chi connectivity index (χ0v) is 13.8.